The highest BCUT2D eigenvalue weighted by Crippen LogP contribution is 2.46. The number of carbonyl (C=O) groups excluding carboxylic acids is 2. The van der Waals surface area contributed by atoms with Crippen molar-refractivity contribution in [3.63, 3.8) is 0 Å². The van der Waals surface area contributed by atoms with Crippen LogP contribution in [0.3, 0.4) is 0 Å². The second-order valence-corrected chi connectivity index (χ2v) is 10.8. The van der Waals surface area contributed by atoms with Crippen molar-refractivity contribution in [1.29, 1.82) is 0 Å². The average molecular weight is 468 g/mol. The van der Waals surface area contributed by atoms with Gasteiger partial charge >= 0.3 is 0 Å². The lowest BCUT2D eigenvalue weighted by molar-refractivity contribution is -0.131. The van der Waals surface area contributed by atoms with Crippen LogP contribution in [0, 0.1) is 18.8 Å². The van der Waals surface area contributed by atoms with Crippen LogP contribution < -0.4 is 0 Å². The van der Waals surface area contributed by atoms with Crippen molar-refractivity contribution < 1.29 is 9.59 Å². The van der Waals surface area contributed by atoms with Gasteiger partial charge in [-0.15, -0.1) is 0 Å². The first kappa shape index (κ1) is 20.9. The Kier molecular flexibility index (Phi) is 4.47. The number of H-pyrrole nitrogens is 1. The van der Waals surface area contributed by atoms with Gasteiger partial charge in [-0.3, -0.25) is 24.6 Å². The molecule has 35 heavy (non-hydrogen) atoms. The van der Waals surface area contributed by atoms with Gasteiger partial charge in [0.1, 0.15) is 11.4 Å². The number of benzene rings is 2. The number of aliphatic imine (C=N–C) groups is 1. The first-order chi connectivity index (χ1) is 17.0. The van der Waals surface area contributed by atoms with Crippen LogP contribution >= 0.6 is 0 Å². The average Bonchev–Trinajstić information content (AvgIpc) is 3.74. The van der Waals surface area contributed by atoms with Crippen LogP contribution in [-0.4, -0.2) is 62.8 Å². The molecule has 4 aliphatic rings. The van der Waals surface area contributed by atoms with Gasteiger partial charge in [-0.25, -0.2) is 0 Å². The quantitative estimate of drug-likeness (QED) is 0.618. The van der Waals surface area contributed by atoms with E-state index >= 15 is 0 Å². The first-order valence-electron chi connectivity index (χ1n) is 12.8. The Morgan fingerprint density at radius 1 is 1.11 bits per heavy atom. The number of aromatic nitrogens is 2. The third-order valence-electron chi connectivity index (χ3n) is 8.15. The summed E-state index contributed by atoms with van der Waals surface area (Å²) >= 11 is 0. The molecule has 7 heteroatoms. The van der Waals surface area contributed by atoms with E-state index in [4.69, 9.17) is 4.99 Å². The third kappa shape index (κ3) is 3.48. The molecule has 178 valence electrons. The number of carbonyl (C=O) groups is 2. The zero-order valence-electron chi connectivity index (χ0n) is 20.0. The van der Waals surface area contributed by atoms with E-state index in [2.05, 4.69) is 53.5 Å². The predicted octanol–water partition coefficient (Wildman–Crippen LogP) is 3.92. The van der Waals surface area contributed by atoms with Crippen molar-refractivity contribution in [2.45, 2.75) is 44.6 Å². The smallest absolute Gasteiger partial charge is 0.256 e. The van der Waals surface area contributed by atoms with Crippen molar-refractivity contribution in [3.05, 3.63) is 53.7 Å². The molecule has 7 nitrogen and oxygen atoms in total. The van der Waals surface area contributed by atoms with Crippen molar-refractivity contribution in [1.82, 2.24) is 20.0 Å². The molecule has 2 aromatic carbocycles. The van der Waals surface area contributed by atoms with E-state index in [0.717, 1.165) is 84.2 Å². The lowest BCUT2D eigenvalue weighted by atomic mass is 9.98. The molecule has 3 aromatic rings. The minimum atomic E-state index is -0.533. The van der Waals surface area contributed by atoms with Gasteiger partial charge in [0.05, 0.1) is 11.7 Å². The van der Waals surface area contributed by atoms with Gasteiger partial charge in [-0.1, -0.05) is 24.3 Å². The van der Waals surface area contributed by atoms with E-state index in [1.807, 2.05) is 16.0 Å². The van der Waals surface area contributed by atoms with Gasteiger partial charge in [0.25, 0.3) is 5.91 Å². The number of hydrogen-bond donors (Lipinski definition) is 1. The maximum Gasteiger partial charge on any atom is 0.256 e. The molecule has 1 saturated heterocycles. The fraction of sp³-hybridized carbons (Fsp3) is 0.429. The summed E-state index contributed by atoms with van der Waals surface area (Å²) in [5.74, 6) is 1.83. The number of likely N-dealkylation sites (tertiary alicyclic amines) is 1. The van der Waals surface area contributed by atoms with Crippen LogP contribution in [-0.2, 0) is 9.59 Å². The highest BCUT2D eigenvalue weighted by atomic mass is 16.2. The first-order valence-corrected chi connectivity index (χ1v) is 12.8. The van der Waals surface area contributed by atoms with Crippen molar-refractivity contribution in [2.75, 3.05) is 19.6 Å². The fourth-order valence-corrected chi connectivity index (χ4v) is 5.72. The van der Waals surface area contributed by atoms with Crippen LogP contribution in [0.1, 0.15) is 43.2 Å². The number of nitrogens with one attached hydrogen (secondary N) is 1. The van der Waals surface area contributed by atoms with Crippen LogP contribution in [0.4, 0.5) is 0 Å². The lowest BCUT2D eigenvalue weighted by Crippen LogP contribution is -2.41. The van der Waals surface area contributed by atoms with Crippen LogP contribution in [0.25, 0.3) is 22.0 Å². The Labute approximate surface area is 204 Å². The topological polar surface area (TPSA) is 81.7 Å². The summed E-state index contributed by atoms with van der Waals surface area (Å²) in [7, 11) is 0. The molecule has 0 radical (unpaired) electrons. The standard InChI is InChI=1S/C28H29N5O2/c1-17-12-20(21-5-7-24-22(13-21)14-29-31-24)4-6-23(17)25-30-28(9-10-28)27(35)33(25)16-18-8-11-32(15-18)26(34)19-2-3-19/h4-7,12-14,18-19H,2-3,8-11,15-16H2,1H3,(H,29,31)/t18-/m1/s1. The van der Waals surface area contributed by atoms with Crippen LogP contribution in [0.2, 0.25) is 0 Å². The molecule has 1 atom stereocenters. The minimum absolute atomic E-state index is 0.147. The zero-order valence-corrected chi connectivity index (χ0v) is 20.0. The number of rotatable bonds is 5. The fourth-order valence-electron chi connectivity index (χ4n) is 5.72. The largest absolute Gasteiger partial charge is 0.342 e. The molecule has 2 saturated carbocycles. The molecular weight excluding hydrogens is 438 g/mol. The number of nitrogens with zero attached hydrogens (tertiary/aromatic N) is 4. The molecule has 1 spiro atoms. The van der Waals surface area contributed by atoms with E-state index in [9.17, 15) is 9.59 Å². The van der Waals surface area contributed by atoms with E-state index < -0.39 is 5.54 Å². The normalized spacial score (nSPS) is 22.9. The molecule has 0 bridgehead atoms. The number of fused-ring (bicyclic) bond motifs is 1. The summed E-state index contributed by atoms with van der Waals surface area (Å²) in [4.78, 5) is 34.9. The van der Waals surface area contributed by atoms with E-state index in [-0.39, 0.29) is 11.8 Å². The molecule has 3 fully saturated rings. The van der Waals surface area contributed by atoms with E-state index in [1.54, 1.807) is 0 Å². The number of amidine groups is 1. The van der Waals surface area contributed by atoms with Gasteiger partial charge in [-0.2, -0.15) is 5.10 Å². The van der Waals surface area contributed by atoms with E-state index in [0.29, 0.717) is 18.4 Å². The summed E-state index contributed by atoms with van der Waals surface area (Å²) in [6.45, 7) is 4.32. The second-order valence-electron chi connectivity index (χ2n) is 10.8. The predicted molar refractivity (Wildman–Crippen MR) is 134 cm³/mol. The highest BCUT2D eigenvalue weighted by molar-refractivity contribution is 6.17. The molecule has 2 amide bonds. The van der Waals surface area contributed by atoms with Crippen molar-refractivity contribution in [3.8, 4) is 11.1 Å². The summed E-state index contributed by atoms with van der Waals surface area (Å²) in [5.41, 5.74) is 4.90. The van der Waals surface area contributed by atoms with Gasteiger partial charge < -0.3 is 4.90 Å². The maximum absolute atomic E-state index is 13.4. The molecule has 1 N–H and O–H groups in total. The van der Waals surface area contributed by atoms with Crippen LogP contribution in [0.5, 0.6) is 0 Å². The van der Waals surface area contributed by atoms with Crippen molar-refractivity contribution >= 4 is 28.6 Å². The van der Waals surface area contributed by atoms with Gasteiger partial charge in [0.2, 0.25) is 5.91 Å². The molecular formula is C28H29N5O2. The van der Waals surface area contributed by atoms with Gasteiger partial charge in [0.15, 0.2) is 0 Å². The highest BCUT2D eigenvalue weighted by Gasteiger charge is 2.57. The summed E-state index contributed by atoms with van der Waals surface area (Å²) in [5, 5.41) is 8.21. The number of aryl methyl sites for hydroxylation is 1. The summed E-state index contributed by atoms with van der Waals surface area (Å²) < 4.78 is 0. The molecule has 2 aliphatic heterocycles. The number of amides is 2. The molecule has 0 unspecified atom stereocenters. The molecule has 3 heterocycles. The molecule has 7 rings (SSSR count). The maximum atomic E-state index is 13.4. The van der Waals surface area contributed by atoms with E-state index in [1.165, 1.54) is 0 Å². The Balaban J connectivity index is 1.15. The number of aromatic amines is 1. The zero-order chi connectivity index (χ0) is 23.7. The third-order valence-corrected chi connectivity index (χ3v) is 8.15. The Hall–Kier alpha value is -3.48. The Bertz CT molecular complexity index is 1400. The summed E-state index contributed by atoms with van der Waals surface area (Å²) in [6.07, 6.45) is 6.55. The molecule has 1 aromatic heterocycles. The lowest BCUT2D eigenvalue weighted by Gasteiger charge is -2.24. The number of hydrogen-bond acceptors (Lipinski definition) is 4. The molecule has 2 aliphatic carbocycles. The Morgan fingerprint density at radius 3 is 2.69 bits per heavy atom. The van der Waals surface area contributed by atoms with Gasteiger partial charge in [-0.05, 0) is 73.8 Å². The van der Waals surface area contributed by atoms with Gasteiger partial charge in [0, 0.05) is 36.5 Å². The monoisotopic (exact) mass is 467 g/mol. The summed E-state index contributed by atoms with van der Waals surface area (Å²) in [6, 6.07) is 12.7. The second kappa shape index (κ2) is 7.51. The minimum Gasteiger partial charge on any atom is -0.342 e. The van der Waals surface area contributed by atoms with Crippen LogP contribution in [0.15, 0.2) is 47.6 Å². The van der Waals surface area contributed by atoms with Crippen molar-refractivity contribution in [2.24, 2.45) is 16.8 Å². The SMILES string of the molecule is Cc1cc(-c2ccc3[nH]ncc3c2)ccc1C1=NC2(CC2)C(=O)N1C[C@@H]1CCN(C(=O)C2CC2)C1. The Morgan fingerprint density at radius 2 is 1.91 bits per heavy atom.